The molecule has 1 amide bonds. The highest BCUT2D eigenvalue weighted by Gasteiger charge is 2.15. The predicted octanol–water partition coefficient (Wildman–Crippen LogP) is 5.47. The average molecular weight is 440 g/mol. The van der Waals surface area contributed by atoms with Crippen LogP contribution in [0.5, 0.6) is 0 Å². The molecule has 142 valence electrons. The number of amides is 1. The van der Waals surface area contributed by atoms with Crippen LogP contribution in [0.1, 0.15) is 27.6 Å². The molecule has 1 aromatic carbocycles. The van der Waals surface area contributed by atoms with E-state index in [1.807, 2.05) is 50.2 Å². The maximum Gasteiger partial charge on any atom is 0.270 e. The zero-order valence-corrected chi connectivity index (χ0v) is 17.0. The number of fused-ring (bicyclic) bond motifs is 1. The summed E-state index contributed by atoms with van der Waals surface area (Å²) in [6.07, 6.45) is 1.58. The van der Waals surface area contributed by atoms with Gasteiger partial charge in [0.15, 0.2) is 0 Å². The van der Waals surface area contributed by atoms with Gasteiger partial charge in [-0.25, -0.2) is 4.98 Å². The zero-order chi connectivity index (χ0) is 19.7. The summed E-state index contributed by atoms with van der Waals surface area (Å²) in [5.41, 5.74) is 2.82. The summed E-state index contributed by atoms with van der Waals surface area (Å²) in [5, 5.41) is 6.91. The Hall–Kier alpha value is -3.06. The molecule has 0 unspecified atom stereocenters. The number of hydrogen-bond acceptors (Lipinski definition) is 5. The van der Waals surface area contributed by atoms with Crippen molar-refractivity contribution in [3.05, 3.63) is 76.0 Å². The Kier molecular flexibility index (Phi) is 4.92. The number of halogens is 1. The number of aromatic nitrogens is 1. The fraction of sp³-hybridized carbons (Fsp3) is 0.143. The van der Waals surface area contributed by atoms with Crippen LogP contribution in [0.2, 0.25) is 0 Å². The topological polar surface area (TPSA) is 80.3 Å². The monoisotopic (exact) mass is 439 g/mol. The van der Waals surface area contributed by atoms with Gasteiger partial charge in [-0.3, -0.25) is 4.79 Å². The van der Waals surface area contributed by atoms with Gasteiger partial charge in [-0.05, 0) is 55.8 Å². The molecule has 4 rings (SSSR count). The molecule has 0 aliphatic heterocycles. The molecule has 0 bridgehead atoms. The molecule has 28 heavy (non-hydrogen) atoms. The van der Waals surface area contributed by atoms with Crippen LogP contribution >= 0.6 is 15.9 Å². The van der Waals surface area contributed by atoms with Gasteiger partial charge in [0.25, 0.3) is 5.91 Å². The quantitative estimate of drug-likeness (QED) is 0.430. The average Bonchev–Trinajstić information content (AvgIpc) is 3.31. The highest BCUT2D eigenvalue weighted by molar-refractivity contribution is 9.10. The van der Waals surface area contributed by atoms with E-state index in [0.717, 1.165) is 26.9 Å². The Bertz CT molecular complexity index is 1160. The third kappa shape index (κ3) is 3.80. The minimum atomic E-state index is -0.303. The fourth-order valence-electron chi connectivity index (χ4n) is 2.87. The fourth-order valence-corrected chi connectivity index (χ4v) is 3.12. The third-order valence-electron chi connectivity index (χ3n) is 4.32. The summed E-state index contributed by atoms with van der Waals surface area (Å²) in [6.45, 7) is 4.16. The summed E-state index contributed by atoms with van der Waals surface area (Å²) in [6, 6.07) is 13.1. The lowest BCUT2D eigenvalue weighted by atomic mass is 10.2. The molecule has 3 heterocycles. The van der Waals surface area contributed by atoms with Gasteiger partial charge in [0.05, 0.1) is 18.2 Å². The first kappa shape index (κ1) is 18.3. The van der Waals surface area contributed by atoms with E-state index in [-0.39, 0.29) is 11.6 Å². The molecule has 0 fully saturated rings. The van der Waals surface area contributed by atoms with Gasteiger partial charge in [0.2, 0.25) is 0 Å². The van der Waals surface area contributed by atoms with Crippen LogP contribution in [0, 0.1) is 13.8 Å². The lowest BCUT2D eigenvalue weighted by Gasteiger charge is -2.10. The van der Waals surface area contributed by atoms with Crippen molar-refractivity contribution in [1.82, 2.24) is 10.3 Å². The molecule has 7 heteroatoms. The number of carbonyl (C=O) groups excluding carboxylic acids is 1. The second-order valence-corrected chi connectivity index (χ2v) is 7.33. The van der Waals surface area contributed by atoms with Crippen LogP contribution < -0.4 is 10.6 Å². The van der Waals surface area contributed by atoms with Crippen LogP contribution in [-0.4, -0.2) is 10.9 Å². The Morgan fingerprint density at radius 3 is 2.75 bits per heavy atom. The minimum absolute atomic E-state index is 0.266. The van der Waals surface area contributed by atoms with Crippen molar-refractivity contribution in [3.8, 4) is 0 Å². The maximum atomic E-state index is 12.6. The lowest BCUT2D eigenvalue weighted by Crippen LogP contribution is -2.23. The van der Waals surface area contributed by atoms with Crippen molar-refractivity contribution in [3.63, 3.8) is 0 Å². The van der Waals surface area contributed by atoms with E-state index in [9.17, 15) is 4.79 Å². The predicted molar refractivity (Wildman–Crippen MR) is 111 cm³/mol. The van der Waals surface area contributed by atoms with Crippen molar-refractivity contribution in [2.24, 2.45) is 0 Å². The van der Waals surface area contributed by atoms with Crippen molar-refractivity contribution in [2.45, 2.75) is 20.4 Å². The summed E-state index contributed by atoms with van der Waals surface area (Å²) >= 11 is 3.50. The van der Waals surface area contributed by atoms with Crippen molar-refractivity contribution < 1.29 is 13.6 Å². The molecule has 0 spiro atoms. The standard InChI is InChI=1S/C21H18BrN3O3/c1-12-9-14(4-6-17(12)22)24-20-16-7-8-27-19(16)10-18(25-20)21(26)23-11-15-5-3-13(2)28-15/h3-10H,11H2,1-2H3,(H,23,26)(H,24,25). The smallest absolute Gasteiger partial charge is 0.270 e. The van der Waals surface area contributed by atoms with E-state index < -0.39 is 0 Å². The normalized spacial score (nSPS) is 11.0. The van der Waals surface area contributed by atoms with Crippen LogP contribution in [0.25, 0.3) is 11.0 Å². The van der Waals surface area contributed by atoms with Gasteiger partial charge < -0.3 is 19.5 Å². The molecule has 0 atom stereocenters. The summed E-state index contributed by atoms with van der Waals surface area (Å²) in [4.78, 5) is 17.1. The largest absolute Gasteiger partial charge is 0.465 e. The molecule has 4 aromatic rings. The van der Waals surface area contributed by atoms with Crippen molar-refractivity contribution in [2.75, 3.05) is 5.32 Å². The number of aryl methyl sites for hydroxylation is 2. The van der Waals surface area contributed by atoms with Gasteiger partial charge >= 0.3 is 0 Å². The molecular formula is C21H18BrN3O3. The molecule has 0 radical (unpaired) electrons. The van der Waals surface area contributed by atoms with Gasteiger partial charge in [-0.1, -0.05) is 15.9 Å². The highest BCUT2D eigenvalue weighted by Crippen LogP contribution is 2.28. The Morgan fingerprint density at radius 1 is 1.14 bits per heavy atom. The molecule has 0 saturated carbocycles. The third-order valence-corrected chi connectivity index (χ3v) is 5.21. The SMILES string of the molecule is Cc1ccc(CNC(=O)c2cc3occc3c(Nc3ccc(Br)c(C)c3)n2)o1. The second-order valence-electron chi connectivity index (χ2n) is 6.47. The zero-order valence-electron chi connectivity index (χ0n) is 15.4. The van der Waals surface area contributed by atoms with Gasteiger partial charge in [0.1, 0.15) is 28.6 Å². The van der Waals surface area contributed by atoms with E-state index in [2.05, 4.69) is 31.5 Å². The first-order valence-corrected chi connectivity index (χ1v) is 9.54. The summed E-state index contributed by atoms with van der Waals surface area (Å²) in [7, 11) is 0. The van der Waals surface area contributed by atoms with Crippen molar-refractivity contribution >= 4 is 44.3 Å². The van der Waals surface area contributed by atoms with Crippen LogP contribution in [0.3, 0.4) is 0 Å². The van der Waals surface area contributed by atoms with E-state index in [1.54, 1.807) is 12.3 Å². The van der Waals surface area contributed by atoms with Gasteiger partial charge in [-0.15, -0.1) is 0 Å². The van der Waals surface area contributed by atoms with E-state index in [0.29, 0.717) is 23.7 Å². The number of anilines is 2. The maximum absolute atomic E-state index is 12.6. The van der Waals surface area contributed by atoms with Crippen LogP contribution in [0.4, 0.5) is 11.5 Å². The number of benzene rings is 1. The second kappa shape index (κ2) is 7.52. The minimum Gasteiger partial charge on any atom is -0.465 e. The van der Waals surface area contributed by atoms with Crippen LogP contribution in [0.15, 0.2) is 62.0 Å². The number of carbonyl (C=O) groups is 1. The molecule has 2 N–H and O–H groups in total. The first-order valence-electron chi connectivity index (χ1n) is 8.74. The number of hydrogen-bond donors (Lipinski definition) is 2. The molecular weight excluding hydrogens is 422 g/mol. The lowest BCUT2D eigenvalue weighted by molar-refractivity contribution is 0.0943. The van der Waals surface area contributed by atoms with E-state index >= 15 is 0 Å². The summed E-state index contributed by atoms with van der Waals surface area (Å²) in [5.74, 6) is 1.75. The Labute approximate surface area is 170 Å². The van der Waals surface area contributed by atoms with E-state index in [1.165, 1.54) is 0 Å². The molecule has 0 aliphatic rings. The van der Waals surface area contributed by atoms with Gasteiger partial charge in [-0.2, -0.15) is 0 Å². The number of pyridine rings is 1. The molecule has 0 aliphatic carbocycles. The Morgan fingerprint density at radius 2 is 2.00 bits per heavy atom. The number of rotatable bonds is 5. The number of furan rings is 2. The van der Waals surface area contributed by atoms with Gasteiger partial charge in [0, 0.05) is 16.2 Å². The molecule has 6 nitrogen and oxygen atoms in total. The first-order chi connectivity index (χ1) is 13.5. The van der Waals surface area contributed by atoms with Crippen LogP contribution in [-0.2, 0) is 6.54 Å². The molecule has 0 saturated heterocycles. The van der Waals surface area contributed by atoms with E-state index in [4.69, 9.17) is 8.83 Å². The number of nitrogens with zero attached hydrogens (tertiary/aromatic N) is 1. The summed E-state index contributed by atoms with van der Waals surface area (Å²) < 4.78 is 12.0. The number of nitrogens with one attached hydrogen (secondary N) is 2. The van der Waals surface area contributed by atoms with Crippen molar-refractivity contribution in [1.29, 1.82) is 0 Å². The Balaban J connectivity index is 1.60. The molecule has 3 aromatic heterocycles. The highest BCUT2D eigenvalue weighted by atomic mass is 79.9.